The summed E-state index contributed by atoms with van der Waals surface area (Å²) < 4.78 is 20.6. The number of rotatable bonds is 5. The van der Waals surface area contributed by atoms with E-state index in [0.717, 1.165) is 11.1 Å². The molecular formula is C29H28FNO4. The van der Waals surface area contributed by atoms with E-state index in [1.165, 1.54) is 17.0 Å². The van der Waals surface area contributed by atoms with Crippen LogP contribution in [0, 0.1) is 19.7 Å². The third-order valence-electron chi connectivity index (χ3n) is 6.38. The zero-order valence-electron chi connectivity index (χ0n) is 20.4. The molecule has 1 unspecified atom stereocenters. The summed E-state index contributed by atoms with van der Waals surface area (Å²) in [6, 6.07) is 15.5. The molecule has 180 valence electrons. The van der Waals surface area contributed by atoms with Crippen LogP contribution in [0.1, 0.15) is 53.6 Å². The van der Waals surface area contributed by atoms with Crippen molar-refractivity contribution < 1.29 is 23.8 Å². The van der Waals surface area contributed by atoms with Crippen LogP contribution in [-0.4, -0.2) is 23.9 Å². The van der Waals surface area contributed by atoms with Crippen LogP contribution in [0.5, 0.6) is 5.75 Å². The van der Waals surface area contributed by atoms with Gasteiger partial charge in [0.25, 0.3) is 11.7 Å². The van der Waals surface area contributed by atoms with Crippen LogP contribution < -0.4 is 9.64 Å². The van der Waals surface area contributed by atoms with Crippen LogP contribution in [0.3, 0.4) is 0 Å². The molecule has 4 rings (SSSR count). The van der Waals surface area contributed by atoms with E-state index in [1.54, 1.807) is 56.5 Å². The largest absolute Gasteiger partial charge is 0.507 e. The molecular weight excluding hydrogens is 445 g/mol. The van der Waals surface area contributed by atoms with E-state index in [1.807, 2.05) is 26.8 Å². The minimum Gasteiger partial charge on any atom is -0.507 e. The minimum atomic E-state index is -1.12. The number of carbonyl (C=O) groups excluding carboxylic acids is 2. The van der Waals surface area contributed by atoms with Gasteiger partial charge in [0.05, 0.1) is 18.7 Å². The smallest absolute Gasteiger partial charge is 0.300 e. The number of ketones is 1. The summed E-state index contributed by atoms with van der Waals surface area (Å²) >= 11 is 0. The number of carbonyl (C=O) groups is 2. The van der Waals surface area contributed by atoms with Crippen molar-refractivity contribution in [3.05, 3.63) is 99.9 Å². The summed E-state index contributed by atoms with van der Waals surface area (Å²) in [4.78, 5) is 28.0. The van der Waals surface area contributed by atoms with E-state index in [2.05, 4.69) is 0 Å². The Morgan fingerprint density at radius 1 is 1.03 bits per heavy atom. The van der Waals surface area contributed by atoms with E-state index >= 15 is 4.39 Å². The Bertz CT molecular complexity index is 1360. The van der Waals surface area contributed by atoms with Gasteiger partial charge in [0.15, 0.2) is 0 Å². The molecule has 1 N–H and O–H groups in total. The topological polar surface area (TPSA) is 66.8 Å². The molecule has 1 saturated heterocycles. The molecule has 0 radical (unpaired) electrons. The molecule has 0 spiro atoms. The highest BCUT2D eigenvalue weighted by molar-refractivity contribution is 6.51. The van der Waals surface area contributed by atoms with Crippen molar-refractivity contribution >= 4 is 23.1 Å². The molecule has 6 heteroatoms. The number of benzene rings is 3. The molecule has 0 bridgehead atoms. The molecule has 1 amide bonds. The number of anilines is 1. The first-order valence-electron chi connectivity index (χ1n) is 11.5. The lowest BCUT2D eigenvalue weighted by Gasteiger charge is -2.26. The maximum atomic E-state index is 15.1. The van der Waals surface area contributed by atoms with Gasteiger partial charge in [0.2, 0.25) is 0 Å². The molecule has 3 aromatic rings. The Morgan fingerprint density at radius 2 is 1.74 bits per heavy atom. The van der Waals surface area contributed by atoms with Crippen molar-refractivity contribution in [3.8, 4) is 5.75 Å². The maximum absolute atomic E-state index is 15.1. The van der Waals surface area contributed by atoms with Gasteiger partial charge in [-0.05, 0) is 66.8 Å². The molecule has 3 aromatic carbocycles. The second-order valence-corrected chi connectivity index (χ2v) is 9.09. The van der Waals surface area contributed by atoms with Crippen LogP contribution in [-0.2, 0) is 9.59 Å². The zero-order valence-corrected chi connectivity index (χ0v) is 20.4. The predicted molar refractivity (Wildman–Crippen MR) is 134 cm³/mol. The number of aliphatic hydroxyl groups excluding tert-OH is 1. The number of Topliss-reactive ketones (excluding diaryl/α,β-unsaturated/α-hetero) is 1. The van der Waals surface area contributed by atoms with Crippen molar-refractivity contribution in [2.24, 2.45) is 0 Å². The second kappa shape index (κ2) is 9.37. The number of hydrogen-bond donors (Lipinski definition) is 1. The summed E-state index contributed by atoms with van der Waals surface area (Å²) in [6.07, 6.45) is 0. The lowest BCUT2D eigenvalue weighted by Crippen LogP contribution is -2.29. The van der Waals surface area contributed by atoms with Gasteiger partial charge >= 0.3 is 0 Å². The van der Waals surface area contributed by atoms with Crippen molar-refractivity contribution in [1.82, 2.24) is 0 Å². The highest BCUT2D eigenvalue weighted by Crippen LogP contribution is 2.44. The number of hydrogen-bond acceptors (Lipinski definition) is 4. The highest BCUT2D eigenvalue weighted by atomic mass is 19.1. The van der Waals surface area contributed by atoms with Gasteiger partial charge in [-0.1, -0.05) is 44.2 Å². The number of amides is 1. The zero-order chi connectivity index (χ0) is 25.4. The Labute approximate surface area is 204 Å². The average molecular weight is 474 g/mol. The fourth-order valence-electron chi connectivity index (χ4n) is 4.59. The van der Waals surface area contributed by atoms with Gasteiger partial charge in [-0.15, -0.1) is 0 Å². The molecule has 1 heterocycles. The number of halogens is 1. The molecule has 1 aliphatic heterocycles. The first-order valence-corrected chi connectivity index (χ1v) is 11.5. The number of nitrogens with zero attached hydrogens (tertiary/aromatic N) is 1. The van der Waals surface area contributed by atoms with Gasteiger partial charge in [0, 0.05) is 16.8 Å². The second-order valence-electron chi connectivity index (χ2n) is 9.09. The molecule has 1 aliphatic rings. The minimum absolute atomic E-state index is 0.0779. The van der Waals surface area contributed by atoms with Crippen molar-refractivity contribution in [3.63, 3.8) is 0 Å². The third kappa shape index (κ3) is 4.20. The third-order valence-corrected chi connectivity index (χ3v) is 6.38. The number of aryl methyl sites for hydroxylation is 2. The van der Waals surface area contributed by atoms with Gasteiger partial charge in [0.1, 0.15) is 17.3 Å². The monoisotopic (exact) mass is 473 g/mol. The summed E-state index contributed by atoms with van der Waals surface area (Å²) in [7, 11) is 1.58. The molecule has 0 aromatic heterocycles. The van der Waals surface area contributed by atoms with E-state index in [0.29, 0.717) is 22.6 Å². The number of aliphatic hydroxyl groups is 1. The fraction of sp³-hybridized carbons (Fsp3) is 0.241. The molecule has 1 fully saturated rings. The lowest BCUT2D eigenvalue weighted by molar-refractivity contribution is -0.132. The van der Waals surface area contributed by atoms with Gasteiger partial charge in [-0.2, -0.15) is 0 Å². The molecule has 35 heavy (non-hydrogen) atoms. The molecule has 5 nitrogen and oxygen atoms in total. The molecule has 0 saturated carbocycles. The Morgan fingerprint density at radius 3 is 2.37 bits per heavy atom. The van der Waals surface area contributed by atoms with E-state index in [4.69, 9.17) is 4.74 Å². The van der Waals surface area contributed by atoms with Gasteiger partial charge < -0.3 is 9.84 Å². The average Bonchev–Trinajstić information content (AvgIpc) is 3.08. The standard InChI is InChI=1S/C29H28FNO4/c1-16(2)21-15-22(18(4)14-24(21)35-5)27(32)25-26(20-11-6-7-12-23(20)30)31(29(34)28(25)33)19-10-8-9-17(3)13-19/h6-16,26,32H,1-5H3/b27-25+. The number of ether oxygens (including phenoxy) is 1. The summed E-state index contributed by atoms with van der Waals surface area (Å²) in [5.74, 6) is -1.85. The van der Waals surface area contributed by atoms with Gasteiger partial charge in [-0.3, -0.25) is 14.5 Å². The molecule has 0 aliphatic carbocycles. The van der Waals surface area contributed by atoms with E-state index in [-0.39, 0.29) is 22.8 Å². The van der Waals surface area contributed by atoms with Crippen molar-refractivity contribution in [2.45, 2.75) is 39.7 Å². The SMILES string of the molecule is COc1cc(C)c(/C(O)=C2\C(=O)C(=O)N(c3cccc(C)c3)C2c2ccccc2F)cc1C(C)C. The maximum Gasteiger partial charge on any atom is 0.300 e. The van der Waals surface area contributed by atoms with Crippen molar-refractivity contribution in [1.29, 1.82) is 0 Å². The molecule has 1 atom stereocenters. The first-order chi connectivity index (χ1) is 16.6. The highest BCUT2D eigenvalue weighted by Gasteiger charge is 2.48. The normalized spacial score (nSPS) is 17.3. The Hall–Kier alpha value is -3.93. The first kappa shape index (κ1) is 24.2. The summed E-state index contributed by atoms with van der Waals surface area (Å²) in [6.45, 7) is 7.64. The summed E-state index contributed by atoms with van der Waals surface area (Å²) in [5.41, 5.74) is 3.22. The predicted octanol–water partition coefficient (Wildman–Crippen LogP) is 6.20. The quantitative estimate of drug-likeness (QED) is 0.272. The van der Waals surface area contributed by atoms with Crippen LogP contribution >= 0.6 is 0 Å². The Kier molecular flexibility index (Phi) is 6.48. The van der Waals surface area contributed by atoms with E-state index in [9.17, 15) is 14.7 Å². The lowest BCUT2D eigenvalue weighted by atomic mass is 9.90. The van der Waals surface area contributed by atoms with E-state index < -0.39 is 23.5 Å². The van der Waals surface area contributed by atoms with Gasteiger partial charge in [-0.25, -0.2) is 4.39 Å². The Balaban J connectivity index is 2.01. The van der Waals surface area contributed by atoms with Crippen LogP contribution in [0.25, 0.3) is 5.76 Å². The van der Waals surface area contributed by atoms with Crippen LogP contribution in [0.4, 0.5) is 10.1 Å². The van der Waals surface area contributed by atoms with Crippen LogP contribution in [0.2, 0.25) is 0 Å². The van der Waals surface area contributed by atoms with Crippen molar-refractivity contribution in [2.75, 3.05) is 12.0 Å². The fourth-order valence-corrected chi connectivity index (χ4v) is 4.59. The number of methoxy groups -OCH3 is 1. The summed E-state index contributed by atoms with van der Waals surface area (Å²) in [5, 5.41) is 11.5. The van der Waals surface area contributed by atoms with Crippen LogP contribution in [0.15, 0.2) is 66.2 Å².